The molecule has 16 nitrogen and oxygen atoms in total. The molecule has 1 aliphatic heterocycles. The van der Waals surface area contributed by atoms with Gasteiger partial charge in [0.2, 0.25) is 0 Å². The minimum atomic E-state index is -5.43. The predicted molar refractivity (Wildman–Crippen MR) is 92.4 cm³/mol. The number of aliphatic hydroxyl groups is 2. The fourth-order valence-electron chi connectivity index (χ4n) is 2.36. The number of nitrogens with zero attached hydrogens (tertiary/aromatic N) is 2. The van der Waals surface area contributed by atoms with Gasteiger partial charge >= 0.3 is 28.7 Å². The van der Waals surface area contributed by atoms with E-state index >= 15 is 0 Å². The molecule has 166 valence electrons. The van der Waals surface area contributed by atoms with Crippen LogP contribution in [0.3, 0.4) is 0 Å². The zero-order valence-corrected chi connectivity index (χ0v) is 16.9. The second-order valence-electron chi connectivity index (χ2n) is 5.87. The molecule has 6 atom stereocenters. The summed E-state index contributed by atoms with van der Waals surface area (Å²) in [5, 5.41) is 20.0. The molecule has 0 saturated carbocycles. The highest BCUT2D eigenvalue weighted by Gasteiger charge is 2.46. The maximum atomic E-state index is 11.9. The van der Waals surface area contributed by atoms with Crippen LogP contribution < -0.4 is 11.4 Å². The van der Waals surface area contributed by atoms with Crippen molar-refractivity contribution in [2.45, 2.75) is 24.5 Å². The molecule has 0 radical (unpaired) electrons. The van der Waals surface area contributed by atoms with Gasteiger partial charge in [-0.1, -0.05) is 0 Å². The van der Waals surface area contributed by atoms with Crippen LogP contribution in [-0.4, -0.2) is 70.2 Å². The highest BCUT2D eigenvalue weighted by molar-refractivity contribution is 7.74. The van der Waals surface area contributed by atoms with Crippen molar-refractivity contribution >= 4 is 28.8 Å². The summed E-state index contributed by atoms with van der Waals surface area (Å²) in [6.45, 7) is -0.893. The molecule has 29 heavy (non-hydrogen) atoms. The molecule has 0 bridgehead atoms. The molecule has 0 aliphatic carbocycles. The quantitative estimate of drug-likeness (QED) is 0.196. The van der Waals surface area contributed by atoms with Gasteiger partial charge in [0.25, 0.3) is 0 Å². The first-order valence-corrected chi connectivity index (χ1v) is 12.6. The van der Waals surface area contributed by atoms with Crippen molar-refractivity contribution in [3.63, 3.8) is 0 Å². The minimum absolute atomic E-state index is 0.105. The number of nitrogen functional groups attached to an aromatic ring is 1. The zero-order valence-electron chi connectivity index (χ0n) is 14.2. The van der Waals surface area contributed by atoms with Crippen LogP contribution in [0.1, 0.15) is 6.23 Å². The Kier molecular flexibility index (Phi) is 7.23. The third-order valence-corrected chi connectivity index (χ3v) is 8.78. The van der Waals surface area contributed by atoms with Crippen molar-refractivity contribution < 1.29 is 57.1 Å². The highest BCUT2D eigenvalue weighted by atomic mass is 31.3. The fourth-order valence-corrected chi connectivity index (χ4v) is 6.88. The molecule has 0 spiro atoms. The van der Waals surface area contributed by atoms with Gasteiger partial charge in [-0.25, -0.2) is 13.7 Å². The Bertz CT molecular complexity index is 946. The molecule has 1 aliphatic rings. The average Bonchev–Trinajstić information content (AvgIpc) is 2.78. The molecule has 19 heteroatoms. The van der Waals surface area contributed by atoms with Gasteiger partial charge in [0, 0.05) is 6.20 Å². The van der Waals surface area contributed by atoms with Gasteiger partial charge in [0.05, 0.1) is 6.61 Å². The van der Waals surface area contributed by atoms with Gasteiger partial charge in [-0.2, -0.15) is 4.98 Å². The molecule has 0 aromatic carbocycles. The normalized spacial score (nSPS) is 29.3. The van der Waals surface area contributed by atoms with Crippen LogP contribution in [0.15, 0.2) is 17.1 Å². The number of anilines is 1. The van der Waals surface area contributed by atoms with Gasteiger partial charge in [0.15, 0.2) is 12.1 Å². The van der Waals surface area contributed by atoms with E-state index < -0.39 is 65.8 Å². The molecular weight excluding hydrogens is 463 g/mol. The molecule has 2 rings (SSSR count). The van der Waals surface area contributed by atoms with Crippen LogP contribution in [0.5, 0.6) is 0 Å². The van der Waals surface area contributed by atoms with Crippen LogP contribution in [0.2, 0.25) is 0 Å². The number of hydrogen-bond donors (Lipinski definition) is 7. The van der Waals surface area contributed by atoms with E-state index in [1.165, 1.54) is 6.07 Å². The van der Waals surface area contributed by atoms with Crippen LogP contribution in [-0.2, 0) is 27.3 Å². The standard InChI is InChI=1S/C10H18N3O13P3/c11-6-1-2-13(10(16)12-6)9-8(15)7(14)5(25-9)3-24-27(17,18)4-28(19,20)26-29(21,22)23/h1-2,5,7-9,14-15H,3-4H2,(H,17,18)(H,19,20)(H2,11,12,16)(H2,21,22,23)/t5-,7-,8-,9-/m1/s1. The summed E-state index contributed by atoms with van der Waals surface area (Å²) in [6, 6.07) is 1.22. The van der Waals surface area contributed by atoms with Crippen LogP contribution in [0, 0.1) is 0 Å². The number of phosphoric acid groups is 1. The third-order valence-electron chi connectivity index (χ3n) is 3.49. The Hall–Kier alpha value is -0.990. The molecule has 0 amide bonds. The SMILES string of the molecule is Nc1ccn([C@@H]2O[C@H](COP(=O)(O)CP(=O)(O)OP(=O)(O)O)[C@@H](O)[C@H]2O)c(=O)n1. The largest absolute Gasteiger partial charge is 0.476 e. The van der Waals surface area contributed by atoms with E-state index in [4.69, 9.17) is 20.3 Å². The topological polar surface area (TPSA) is 261 Å². The number of ether oxygens (including phenoxy) is 1. The molecule has 1 aromatic heterocycles. The summed E-state index contributed by atoms with van der Waals surface area (Å²) >= 11 is 0. The average molecular weight is 481 g/mol. The van der Waals surface area contributed by atoms with Gasteiger partial charge in [-0.3, -0.25) is 13.7 Å². The number of nitrogens with two attached hydrogens (primary N) is 1. The van der Waals surface area contributed by atoms with Crippen LogP contribution in [0.25, 0.3) is 0 Å². The zero-order chi connectivity index (χ0) is 22.2. The maximum Gasteiger partial charge on any atom is 0.476 e. The summed E-state index contributed by atoms with van der Waals surface area (Å²) in [5.74, 6) is -1.77. The Balaban J connectivity index is 2.05. The second-order valence-corrected chi connectivity index (χ2v) is 11.4. The summed E-state index contributed by atoms with van der Waals surface area (Å²) < 4.78 is 48.2. The summed E-state index contributed by atoms with van der Waals surface area (Å²) in [4.78, 5) is 51.1. The number of hydrogen-bond acceptors (Lipinski definition) is 11. The number of aromatic nitrogens is 2. The monoisotopic (exact) mass is 481 g/mol. The molecule has 2 unspecified atom stereocenters. The lowest BCUT2D eigenvalue weighted by Crippen LogP contribution is -2.36. The van der Waals surface area contributed by atoms with Crippen LogP contribution >= 0.6 is 23.0 Å². The minimum Gasteiger partial charge on any atom is -0.387 e. The summed E-state index contributed by atoms with van der Waals surface area (Å²) in [7, 11) is -15.6. The lowest BCUT2D eigenvalue weighted by atomic mass is 10.1. The van der Waals surface area contributed by atoms with Gasteiger partial charge < -0.3 is 44.8 Å². The van der Waals surface area contributed by atoms with Crippen molar-refractivity contribution in [3.8, 4) is 0 Å². The first-order valence-electron chi connectivity index (χ1n) is 7.51. The Morgan fingerprint density at radius 1 is 1.14 bits per heavy atom. The lowest BCUT2D eigenvalue weighted by Gasteiger charge is -2.19. The second kappa shape index (κ2) is 8.63. The predicted octanol–water partition coefficient (Wildman–Crippen LogP) is -2.10. The van der Waals surface area contributed by atoms with Crippen molar-refractivity contribution in [3.05, 3.63) is 22.7 Å². The van der Waals surface area contributed by atoms with Gasteiger partial charge in [-0.15, -0.1) is 0 Å². The third kappa shape index (κ3) is 6.76. The van der Waals surface area contributed by atoms with Crippen molar-refractivity contribution in [1.29, 1.82) is 0 Å². The van der Waals surface area contributed by atoms with Crippen LogP contribution in [0.4, 0.5) is 5.82 Å². The van der Waals surface area contributed by atoms with E-state index in [0.717, 1.165) is 10.8 Å². The molecule has 8 N–H and O–H groups in total. The smallest absolute Gasteiger partial charge is 0.387 e. The van der Waals surface area contributed by atoms with Crippen molar-refractivity contribution in [2.75, 3.05) is 18.2 Å². The van der Waals surface area contributed by atoms with Gasteiger partial charge in [-0.05, 0) is 6.07 Å². The molecule has 2 heterocycles. The molecule has 1 fully saturated rings. The van der Waals surface area contributed by atoms with Gasteiger partial charge in [0.1, 0.15) is 24.1 Å². The Labute approximate surface area is 161 Å². The molecule has 1 aromatic rings. The van der Waals surface area contributed by atoms with E-state index in [1.807, 2.05) is 0 Å². The highest BCUT2D eigenvalue weighted by Crippen LogP contribution is 2.64. The number of rotatable bonds is 8. The Morgan fingerprint density at radius 2 is 1.76 bits per heavy atom. The first-order chi connectivity index (χ1) is 13.1. The molecular formula is C10H18N3O13P3. The number of aliphatic hydroxyl groups excluding tert-OH is 2. The molecule has 1 saturated heterocycles. The first kappa shape index (κ1) is 24.3. The fraction of sp³-hybridized carbons (Fsp3) is 0.600. The van der Waals surface area contributed by atoms with E-state index in [1.54, 1.807) is 0 Å². The lowest BCUT2D eigenvalue weighted by molar-refractivity contribution is -0.0523. The van der Waals surface area contributed by atoms with Crippen molar-refractivity contribution in [2.24, 2.45) is 0 Å². The van der Waals surface area contributed by atoms with Crippen molar-refractivity contribution in [1.82, 2.24) is 9.55 Å². The Morgan fingerprint density at radius 3 is 2.31 bits per heavy atom. The van der Waals surface area contributed by atoms with E-state index in [-0.39, 0.29) is 5.82 Å². The van der Waals surface area contributed by atoms with E-state index in [9.17, 15) is 38.5 Å². The summed E-state index contributed by atoms with van der Waals surface area (Å²) in [6.07, 6.45) is -5.14. The van der Waals surface area contributed by atoms with E-state index in [2.05, 4.69) is 13.8 Å². The maximum absolute atomic E-state index is 11.9. The van der Waals surface area contributed by atoms with E-state index in [0.29, 0.717) is 0 Å². The summed E-state index contributed by atoms with van der Waals surface area (Å²) in [5.41, 5.74) is 4.43.